The molecule has 1 aliphatic heterocycles. The number of aryl methyl sites for hydroxylation is 1. The Hall–Kier alpha value is -2.96. The Morgan fingerprint density at radius 3 is 2.60 bits per heavy atom. The zero-order valence-corrected chi connectivity index (χ0v) is 17.5. The van der Waals surface area contributed by atoms with E-state index in [9.17, 15) is 9.59 Å². The van der Waals surface area contributed by atoms with Crippen LogP contribution in [-0.4, -0.2) is 52.9 Å². The first-order valence-corrected chi connectivity index (χ1v) is 10.7. The summed E-state index contributed by atoms with van der Waals surface area (Å²) in [5, 5.41) is 2.73. The van der Waals surface area contributed by atoms with Gasteiger partial charge < -0.3 is 15.0 Å². The lowest BCUT2D eigenvalue weighted by molar-refractivity contribution is -0.132. The molecule has 0 radical (unpaired) electrons. The van der Waals surface area contributed by atoms with E-state index in [4.69, 9.17) is 4.74 Å². The fourth-order valence-corrected chi connectivity index (χ4v) is 3.71. The van der Waals surface area contributed by atoms with Gasteiger partial charge in [0.2, 0.25) is 5.91 Å². The smallest absolute Gasteiger partial charge is 0.271 e. The van der Waals surface area contributed by atoms with Crippen molar-refractivity contribution in [1.29, 1.82) is 0 Å². The number of benzene rings is 1. The number of aromatic nitrogens is 2. The standard InChI is InChI=1S/C23H30N4O3/c1-2-30-20-7-5-18(6-8-20)3-4-19-10-15-27(16-11-19)22(28)9-12-26-23(29)21-17-24-13-14-25-21/h5-8,13-14,17,19H,2-4,9-12,15-16H2,1H3,(H,26,29). The third-order valence-corrected chi connectivity index (χ3v) is 5.46. The van der Waals surface area contributed by atoms with E-state index in [1.54, 1.807) is 0 Å². The van der Waals surface area contributed by atoms with Gasteiger partial charge in [0, 0.05) is 38.4 Å². The first-order chi connectivity index (χ1) is 14.7. The van der Waals surface area contributed by atoms with Crippen molar-refractivity contribution in [2.75, 3.05) is 26.2 Å². The average Bonchev–Trinajstić information content (AvgIpc) is 2.79. The van der Waals surface area contributed by atoms with Crippen LogP contribution < -0.4 is 10.1 Å². The quantitative estimate of drug-likeness (QED) is 0.687. The molecule has 1 aromatic carbocycles. The third-order valence-electron chi connectivity index (χ3n) is 5.46. The highest BCUT2D eigenvalue weighted by Gasteiger charge is 2.22. The molecule has 0 unspecified atom stereocenters. The number of piperidine rings is 1. The lowest BCUT2D eigenvalue weighted by Crippen LogP contribution is -2.40. The summed E-state index contributed by atoms with van der Waals surface area (Å²) in [4.78, 5) is 34.1. The normalized spacial score (nSPS) is 14.4. The summed E-state index contributed by atoms with van der Waals surface area (Å²) in [7, 11) is 0. The zero-order valence-electron chi connectivity index (χ0n) is 17.5. The van der Waals surface area contributed by atoms with Crippen LogP contribution in [0.1, 0.15) is 48.7 Å². The van der Waals surface area contributed by atoms with Crippen molar-refractivity contribution in [3.8, 4) is 5.75 Å². The van der Waals surface area contributed by atoms with Crippen molar-refractivity contribution in [3.63, 3.8) is 0 Å². The predicted molar refractivity (Wildman–Crippen MR) is 114 cm³/mol. The Bertz CT molecular complexity index is 803. The first-order valence-electron chi connectivity index (χ1n) is 10.7. The molecule has 0 aliphatic carbocycles. The molecular weight excluding hydrogens is 380 g/mol. The van der Waals surface area contributed by atoms with Crippen molar-refractivity contribution in [3.05, 3.63) is 54.1 Å². The highest BCUT2D eigenvalue weighted by Crippen LogP contribution is 2.23. The molecule has 1 fully saturated rings. The second-order valence-corrected chi connectivity index (χ2v) is 7.54. The monoisotopic (exact) mass is 410 g/mol. The van der Waals surface area contributed by atoms with Crippen molar-refractivity contribution in [2.24, 2.45) is 5.92 Å². The van der Waals surface area contributed by atoms with Gasteiger partial charge in [0.1, 0.15) is 11.4 Å². The van der Waals surface area contributed by atoms with Gasteiger partial charge in [-0.1, -0.05) is 12.1 Å². The summed E-state index contributed by atoms with van der Waals surface area (Å²) in [5.74, 6) is 1.36. The minimum Gasteiger partial charge on any atom is -0.494 e. The molecule has 2 amide bonds. The average molecular weight is 411 g/mol. The number of rotatable bonds is 9. The van der Waals surface area contributed by atoms with Gasteiger partial charge in [0.25, 0.3) is 5.91 Å². The molecule has 3 rings (SSSR count). The van der Waals surface area contributed by atoms with E-state index < -0.39 is 0 Å². The van der Waals surface area contributed by atoms with Gasteiger partial charge in [-0.05, 0) is 56.2 Å². The number of likely N-dealkylation sites (tertiary alicyclic amines) is 1. The second kappa shape index (κ2) is 11.3. The fourth-order valence-electron chi connectivity index (χ4n) is 3.71. The molecule has 1 aliphatic rings. The fraction of sp³-hybridized carbons (Fsp3) is 0.478. The minimum atomic E-state index is -0.302. The van der Waals surface area contributed by atoms with Gasteiger partial charge >= 0.3 is 0 Å². The van der Waals surface area contributed by atoms with Crippen LogP contribution in [0.15, 0.2) is 42.9 Å². The molecule has 0 spiro atoms. The molecule has 1 saturated heterocycles. The molecule has 2 heterocycles. The van der Waals surface area contributed by atoms with E-state index in [0.29, 0.717) is 25.5 Å². The second-order valence-electron chi connectivity index (χ2n) is 7.54. The largest absolute Gasteiger partial charge is 0.494 e. The summed E-state index contributed by atoms with van der Waals surface area (Å²) in [5.41, 5.74) is 1.59. The minimum absolute atomic E-state index is 0.0967. The van der Waals surface area contributed by atoms with E-state index in [1.807, 2.05) is 24.0 Å². The van der Waals surface area contributed by atoms with Crippen LogP contribution in [0.4, 0.5) is 0 Å². The van der Waals surface area contributed by atoms with E-state index in [1.165, 1.54) is 24.2 Å². The van der Waals surface area contributed by atoms with E-state index in [2.05, 4.69) is 27.4 Å². The number of hydrogen-bond acceptors (Lipinski definition) is 5. The number of amides is 2. The molecule has 0 bridgehead atoms. The van der Waals surface area contributed by atoms with Gasteiger partial charge in [-0.25, -0.2) is 4.98 Å². The van der Waals surface area contributed by atoms with Gasteiger partial charge in [0.15, 0.2) is 0 Å². The molecular formula is C23H30N4O3. The zero-order chi connectivity index (χ0) is 21.2. The van der Waals surface area contributed by atoms with Gasteiger partial charge in [-0.15, -0.1) is 0 Å². The number of nitrogens with one attached hydrogen (secondary N) is 1. The highest BCUT2D eigenvalue weighted by atomic mass is 16.5. The van der Waals surface area contributed by atoms with E-state index in [0.717, 1.165) is 44.5 Å². The van der Waals surface area contributed by atoms with Crippen LogP contribution in [0.25, 0.3) is 0 Å². The SMILES string of the molecule is CCOc1ccc(CCC2CCN(C(=O)CCNC(=O)c3cnccn3)CC2)cc1. The van der Waals surface area contributed by atoms with Crippen molar-refractivity contribution in [2.45, 2.75) is 39.0 Å². The summed E-state index contributed by atoms with van der Waals surface area (Å²) >= 11 is 0. The lowest BCUT2D eigenvalue weighted by Gasteiger charge is -2.32. The Balaban J connectivity index is 1.32. The summed E-state index contributed by atoms with van der Waals surface area (Å²) in [6.07, 6.45) is 8.98. The van der Waals surface area contributed by atoms with Gasteiger partial charge in [-0.3, -0.25) is 14.6 Å². The number of carbonyl (C=O) groups excluding carboxylic acids is 2. The van der Waals surface area contributed by atoms with E-state index >= 15 is 0 Å². The Labute approximate surface area is 177 Å². The van der Waals surface area contributed by atoms with Crippen LogP contribution in [-0.2, 0) is 11.2 Å². The molecule has 7 nitrogen and oxygen atoms in total. The number of ether oxygens (including phenoxy) is 1. The maximum Gasteiger partial charge on any atom is 0.271 e. The number of nitrogens with zero attached hydrogens (tertiary/aromatic N) is 3. The predicted octanol–water partition coefficient (Wildman–Crippen LogP) is 2.87. The Morgan fingerprint density at radius 2 is 1.93 bits per heavy atom. The maximum absolute atomic E-state index is 12.4. The van der Waals surface area contributed by atoms with Crippen LogP contribution in [0.2, 0.25) is 0 Å². The summed E-state index contributed by atoms with van der Waals surface area (Å²) in [6, 6.07) is 8.34. The molecule has 30 heavy (non-hydrogen) atoms. The Morgan fingerprint density at radius 1 is 1.17 bits per heavy atom. The maximum atomic E-state index is 12.4. The van der Waals surface area contributed by atoms with Crippen LogP contribution in [0.3, 0.4) is 0 Å². The van der Waals surface area contributed by atoms with E-state index in [-0.39, 0.29) is 17.5 Å². The van der Waals surface area contributed by atoms with Crippen LogP contribution in [0, 0.1) is 5.92 Å². The van der Waals surface area contributed by atoms with Crippen molar-refractivity contribution in [1.82, 2.24) is 20.2 Å². The molecule has 2 aromatic rings. The van der Waals surface area contributed by atoms with Gasteiger partial charge in [-0.2, -0.15) is 0 Å². The molecule has 1 aromatic heterocycles. The number of carbonyl (C=O) groups is 2. The molecule has 1 N–H and O–H groups in total. The molecule has 160 valence electrons. The van der Waals surface area contributed by atoms with Gasteiger partial charge in [0.05, 0.1) is 12.8 Å². The summed E-state index contributed by atoms with van der Waals surface area (Å²) < 4.78 is 5.49. The van der Waals surface area contributed by atoms with Crippen molar-refractivity contribution < 1.29 is 14.3 Å². The third kappa shape index (κ3) is 6.54. The van der Waals surface area contributed by atoms with Crippen LogP contribution >= 0.6 is 0 Å². The highest BCUT2D eigenvalue weighted by molar-refractivity contribution is 5.92. The topological polar surface area (TPSA) is 84.4 Å². The lowest BCUT2D eigenvalue weighted by atomic mass is 9.90. The molecule has 0 saturated carbocycles. The van der Waals surface area contributed by atoms with Crippen LogP contribution in [0.5, 0.6) is 5.75 Å². The first kappa shape index (κ1) is 21.7. The molecule has 7 heteroatoms. The molecule has 0 atom stereocenters. The Kier molecular flexibility index (Phi) is 8.18. The van der Waals surface area contributed by atoms with Crippen molar-refractivity contribution >= 4 is 11.8 Å². The number of hydrogen-bond donors (Lipinski definition) is 1. The summed E-state index contributed by atoms with van der Waals surface area (Å²) in [6.45, 7) is 4.58.